The van der Waals surface area contributed by atoms with Crippen molar-refractivity contribution >= 4 is 101 Å². The van der Waals surface area contributed by atoms with E-state index in [1.807, 2.05) is 50.2 Å². The SMILES string of the molecule is CC(=O)C1=C(C(=O)Nc2ccc(Cl)cc2)Cc2cc(Br)ccc21.CCCO.CCCOC(=O)C1=C(C(=O)Nc2ccc(Cl)cc2)Cc2cc(Br)ccc21. The van der Waals surface area contributed by atoms with Gasteiger partial charge in [-0.2, -0.15) is 0 Å². The van der Waals surface area contributed by atoms with Crippen LogP contribution < -0.4 is 10.6 Å². The lowest BCUT2D eigenvalue weighted by Crippen LogP contribution is -2.18. The van der Waals surface area contributed by atoms with Gasteiger partial charge in [0.2, 0.25) is 0 Å². The van der Waals surface area contributed by atoms with Gasteiger partial charge in [-0.1, -0.05) is 81.0 Å². The third kappa shape index (κ3) is 11.2. The molecule has 4 aromatic rings. The Kier molecular flexibility index (Phi) is 15.6. The Morgan fingerprint density at radius 3 is 1.49 bits per heavy atom. The van der Waals surface area contributed by atoms with E-state index in [1.165, 1.54) is 6.92 Å². The lowest BCUT2D eigenvalue weighted by Gasteiger charge is -2.09. The van der Waals surface area contributed by atoms with E-state index in [0.29, 0.717) is 69.8 Å². The molecule has 2 aliphatic rings. The average molecular weight is 885 g/mol. The second kappa shape index (κ2) is 19.9. The van der Waals surface area contributed by atoms with Gasteiger partial charge in [-0.3, -0.25) is 14.4 Å². The number of rotatable bonds is 9. The van der Waals surface area contributed by atoms with Crippen LogP contribution in [-0.4, -0.2) is 41.9 Å². The molecule has 53 heavy (non-hydrogen) atoms. The molecule has 12 heteroatoms. The van der Waals surface area contributed by atoms with Gasteiger partial charge in [0.15, 0.2) is 5.78 Å². The van der Waals surface area contributed by atoms with Crippen molar-refractivity contribution < 1.29 is 29.0 Å². The minimum Gasteiger partial charge on any atom is -0.462 e. The van der Waals surface area contributed by atoms with Crippen LogP contribution in [0.15, 0.2) is 105 Å². The van der Waals surface area contributed by atoms with Gasteiger partial charge in [0.05, 0.1) is 12.2 Å². The number of halogens is 4. The molecule has 0 fully saturated rings. The van der Waals surface area contributed by atoms with Crippen LogP contribution in [0.4, 0.5) is 11.4 Å². The molecule has 0 saturated carbocycles. The minimum absolute atomic E-state index is 0.104. The Bertz CT molecular complexity index is 2060. The molecule has 0 spiro atoms. The number of ether oxygens (including phenoxy) is 1. The highest BCUT2D eigenvalue weighted by Gasteiger charge is 2.32. The normalized spacial score (nSPS) is 12.5. The monoisotopic (exact) mass is 882 g/mol. The summed E-state index contributed by atoms with van der Waals surface area (Å²) < 4.78 is 7.13. The smallest absolute Gasteiger partial charge is 0.339 e. The molecule has 3 N–H and O–H groups in total. The number of nitrogens with one attached hydrogen (secondary N) is 2. The number of carbonyl (C=O) groups excluding carboxylic acids is 4. The van der Waals surface area contributed by atoms with Crippen LogP contribution in [0.3, 0.4) is 0 Å². The number of aliphatic hydroxyl groups is 1. The molecule has 0 heterocycles. The first kappa shape index (κ1) is 41.7. The first-order valence-electron chi connectivity index (χ1n) is 16.8. The molecule has 276 valence electrons. The number of aliphatic hydroxyl groups excluding tert-OH is 1. The van der Waals surface area contributed by atoms with Gasteiger partial charge in [-0.05, 0) is 115 Å². The van der Waals surface area contributed by atoms with Crippen molar-refractivity contribution in [1.29, 1.82) is 0 Å². The third-order valence-electron chi connectivity index (χ3n) is 7.98. The average Bonchev–Trinajstić information content (AvgIpc) is 3.71. The van der Waals surface area contributed by atoms with E-state index in [-0.39, 0.29) is 17.6 Å². The Labute approximate surface area is 335 Å². The lowest BCUT2D eigenvalue weighted by atomic mass is 10.0. The van der Waals surface area contributed by atoms with E-state index < -0.39 is 5.97 Å². The van der Waals surface area contributed by atoms with Crippen LogP contribution in [0.2, 0.25) is 10.0 Å². The molecule has 0 unspecified atom stereocenters. The van der Waals surface area contributed by atoms with Crippen LogP contribution in [0.5, 0.6) is 0 Å². The molecule has 2 aliphatic carbocycles. The van der Waals surface area contributed by atoms with Crippen molar-refractivity contribution in [1.82, 2.24) is 0 Å². The quantitative estimate of drug-likeness (QED) is 0.144. The van der Waals surface area contributed by atoms with Crippen molar-refractivity contribution in [3.05, 3.63) is 137 Å². The summed E-state index contributed by atoms with van der Waals surface area (Å²) in [6, 6.07) is 25.0. The van der Waals surface area contributed by atoms with Crippen LogP contribution >= 0.6 is 55.1 Å². The largest absolute Gasteiger partial charge is 0.462 e. The molecule has 4 aromatic carbocycles. The summed E-state index contributed by atoms with van der Waals surface area (Å²) in [4.78, 5) is 50.0. The van der Waals surface area contributed by atoms with E-state index in [1.54, 1.807) is 48.5 Å². The number of anilines is 2. The molecule has 2 amide bonds. The summed E-state index contributed by atoms with van der Waals surface area (Å²) in [6.07, 6.45) is 2.42. The fraction of sp³-hybridized carbons (Fsp3) is 0.220. The summed E-state index contributed by atoms with van der Waals surface area (Å²) in [5.74, 6) is -1.14. The molecule has 0 radical (unpaired) electrons. The van der Waals surface area contributed by atoms with Crippen LogP contribution in [0, 0.1) is 0 Å². The van der Waals surface area contributed by atoms with E-state index in [4.69, 9.17) is 33.0 Å². The molecular weight excluding hydrogens is 847 g/mol. The van der Waals surface area contributed by atoms with Gasteiger partial charge in [0, 0.05) is 66.5 Å². The van der Waals surface area contributed by atoms with E-state index >= 15 is 0 Å². The lowest BCUT2D eigenvalue weighted by molar-refractivity contribution is -0.136. The number of allylic oxidation sites excluding steroid dienone is 1. The predicted octanol–water partition coefficient (Wildman–Crippen LogP) is 10.0. The van der Waals surface area contributed by atoms with Gasteiger partial charge in [-0.25, -0.2) is 4.79 Å². The van der Waals surface area contributed by atoms with Crippen LogP contribution in [0.1, 0.15) is 55.9 Å². The van der Waals surface area contributed by atoms with Crippen molar-refractivity contribution in [2.45, 2.75) is 46.5 Å². The molecule has 0 aliphatic heterocycles. The number of fused-ring (bicyclic) bond motifs is 2. The van der Waals surface area contributed by atoms with Gasteiger partial charge < -0.3 is 20.5 Å². The second-order valence-electron chi connectivity index (χ2n) is 12.0. The fourth-order valence-electron chi connectivity index (χ4n) is 5.56. The predicted molar refractivity (Wildman–Crippen MR) is 219 cm³/mol. The number of benzene rings is 4. The molecular formula is C41H38Br2Cl2N2O6. The highest BCUT2D eigenvalue weighted by atomic mass is 79.9. The number of ketones is 1. The molecule has 6 rings (SSSR count). The first-order chi connectivity index (χ1) is 25.4. The van der Waals surface area contributed by atoms with Crippen LogP contribution in [-0.2, 0) is 36.8 Å². The maximum atomic E-state index is 12.8. The van der Waals surface area contributed by atoms with Crippen molar-refractivity contribution in [2.75, 3.05) is 23.8 Å². The van der Waals surface area contributed by atoms with Gasteiger partial charge in [0.25, 0.3) is 11.8 Å². The number of hydrogen-bond acceptors (Lipinski definition) is 6. The highest BCUT2D eigenvalue weighted by Crippen LogP contribution is 2.37. The molecule has 0 bridgehead atoms. The fourth-order valence-corrected chi connectivity index (χ4v) is 6.63. The summed E-state index contributed by atoms with van der Waals surface area (Å²) in [6.45, 7) is 5.98. The standard InChI is InChI=1S/C20H17BrClNO3.C18H13BrClNO2.C3H8O/c1-2-9-26-20(25)18-16-8-3-13(21)10-12(16)11-17(18)19(24)23-15-6-4-14(22)5-7-15;1-10(22)17-15-7-2-12(19)8-11(15)9-16(17)18(23)21-14-5-3-13(20)4-6-14;1-2-3-4/h3-8,10H,2,9,11H2,1H3,(H,23,24);2-8H,9H2,1H3,(H,21,23);4H,2-3H2,1H3. The van der Waals surface area contributed by atoms with Gasteiger partial charge >= 0.3 is 5.97 Å². The Hall–Kier alpha value is -4.06. The van der Waals surface area contributed by atoms with Gasteiger partial charge in [0.1, 0.15) is 0 Å². The Morgan fingerprint density at radius 1 is 0.679 bits per heavy atom. The Morgan fingerprint density at radius 2 is 1.09 bits per heavy atom. The number of Topliss-reactive ketones (excluding diaryl/α,β-unsaturated/α-hetero) is 1. The maximum Gasteiger partial charge on any atom is 0.339 e. The zero-order chi connectivity index (χ0) is 38.7. The first-order valence-corrected chi connectivity index (χ1v) is 19.2. The van der Waals surface area contributed by atoms with Crippen molar-refractivity contribution in [3.63, 3.8) is 0 Å². The van der Waals surface area contributed by atoms with Gasteiger partial charge in [-0.15, -0.1) is 0 Å². The molecule has 0 saturated heterocycles. The van der Waals surface area contributed by atoms with E-state index in [9.17, 15) is 19.2 Å². The molecule has 0 atom stereocenters. The minimum atomic E-state index is -0.464. The third-order valence-corrected chi connectivity index (χ3v) is 9.47. The van der Waals surface area contributed by atoms with E-state index in [2.05, 4.69) is 42.5 Å². The summed E-state index contributed by atoms with van der Waals surface area (Å²) in [5, 5.41) is 14.7. The summed E-state index contributed by atoms with van der Waals surface area (Å²) in [7, 11) is 0. The number of carbonyl (C=O) groups is 4. The van der Waals surface area contributed by atoms with Crippen LogP contribution in [0.25, 0.3) is 11.1 Å². The number of hydrogen-bond donors (Lipinski definition) is 3. The van der Waals surface area contributed by atoms with Crippen molar-refractivity contribution in [2.24, 2.45) is 0 Å². The zero-order valence-corrected chi connectivity index (χ0v) is 34.0. The second-order valence-corrected chi connectivity index (χ2v) is 14.7. The van der Waals surface area contributed by atoms with E-state index in [0.717, 1.165) is 44.0 Å². The zero-order valence-electron chi connectivity index (χ0n) is 29.3. The van der Waals surface area contributed by atoms with Crippen molar-refractivity contribution in [3.8, 4) is 0 Å². The summed E-state index contributed by atoms with van der Waals surface area (Å²) in [5.41, 5.74) is 6.49. The summed E-state index contributed by atoms with van der Waals surface area (Å²) >= 11 is 18.6. The maximum absolute atomic E-state index is 12.8. The molecule has 8 nitrogen and oxygen atoms in total. The Balaban J connectivity index is 0.000000216. The molecule has 0 aromatic heterocycles. The highest BCUT2D eigenvalue weighted by molar-refractivity contribution is 9.10. The number of esters is 1. The number of amides is 2. The topological polar surface area (TPSA) is 122 Å².